The standard InChI is InChI=1S/C34H55N3O11.C22H21N3O8.C21H40N2O8/c1-5-23-12-11-19(2)32(45-23)47-30-20(3)15-22(31(29(30)42)48-33-28(41)26(35)27(40)24(17-38)46-33)16-25(39)37(4)14-13-36-34(43)44-18-21-9-7-6-8-10-21;26-18-11-12-19(27)25(18)33-22(30)24(32-20(28)17-9-5-2-6-10-17)14-13-23-21(29)31-15-16-7-3-1-4-8-16;1-4-11-6-5-9(2)20(28-11)30-18-10(3)7-12(22)19(17(18)27)31-21-16(26)14(23)15(25)13(8-24)29-21/h6-10,19-20,22-24,26-33,38,40-42H,5,11-18,35H2,1-4H3,(H,36,43);1-10H,11-15H2,(H,23,29);9-21,24-27H,4-8,22-23H2,1-3H3/t19-,20+,22+,23-,24-,26+,27-,28-,29+,30?,31+,32-,33-;;9-,10+,11-,12-,13-,14+,15-,16-,17+,18?,19+,20-,21-/m1.1/s1. The largest absolute Gasteiger partial charge is 0.468 e. The van der Waals surface area contributed by atoms with E-state index in [1.807, 2.05) is 57.2 Å². The van der Waals surface area contributed by atoms with E-state index in [0.29, 0.717) is 23.0 Å². The van der Waals surface area contributed by atoms with Gasteiger partial charge in [-0.1, -0.05) is 120 Å². The summed E-state index contributed by atoms with van der Waals surface area (Å²) in [7, 11) is 1.62. The van der Waals surface area contributed by atoms with Crippen LogP contribution in [0.4, 0.5) is 14.4 Å². The molecule has 5 aliphatic heterocycles. The third kappa shape index (κ3) is 25.1. The van der Waals surface area contributed by atoms with E-state index in [1.165, 1.54) is 17.0 Å². The minimum absolute atomic E-state index is 0.0110. The van der Waals surface area contributed by atoms with Crippen LogP contribution in [0.2, 0.25) is 0 Å². The van der Waals surface area contributed by atoms with E-state index in [-0.39, 0.29) is 106 Å². The monoisotopic (exact) mass is 1580 g/mol. The van der Waals surface area contributed by atoms with Crippen molar-refractivity contribution in [3.8, 4) is 0 Å². The van der Waals surface area contributed by atoms with Crippen molar-refractivity contribution in [3.05, 3.63) is 108 Å². The predicted molar refractivity (Wildman–Crippen MR) is 394 cm³/mol. The van der Waals surface area contributed by atoms with E-state index in [9.17, 15) is 74.4 Å². The van der Waals surface area contributed by atoms with E-state index < -0.39 is 172 Å². The molecule has 3 aromatic carbocycles. The molecule has 26 atom stereocenters. The molecule has 2 saturated carbocycles. The van der Waals surface area contributed by atoms with Crippen molar-refractivity contribution in [1.29, 1.82) is 0 Å². The average Bonchev–Trinajstić information content (AvgIpc) is 0.876. The van der Waals surface area contributed by atoms with Gasteiger partial charge >= 0.3 is 24.2 Å². The Labute approximate surface area is 651 Å². The van der Waals surface area contributed by atoms with Crippen molar-refractivity contribution in [1.82, 2.24) is 25.7 Å². The van der Waals surface area contributed by atoms with Crippen molar-refractivity contribution in [2.75, 3.05) is 46.4 Å². The molecule has 2 aliphatic carbocycles. The van der Waals surface area contributed by atoms with Crippen molar-refractivity contribution in [2.24, 2.45) is 46.8 Å². The Morgan fingerprint density at radius 3 is 1.42 bits per heavy atom. The Kier molecular flexibility index (Phi) is 35.5. The minimum Gasteiger partial charge on any atom is -0.445 e. The number of nitrogens with two attached hydrogens (primary N) is 3. The Balaban J connectivity index is 0.000000218. The molecule has 7 aliphatic rings. The number of benzene rings is 3. The molecule has 112 heavy (non-hydrogen) atoms. The highest BCUT2D eigenvalue weighted by atomic mass is 16.8. The summed E-state index contributed by atoms with van der Waals surface area (Å²) in [5.41, 5.74) is 20.0. The van der Waals surface area contributed by atoms with Crippen molar-refractivity contribution >= 4 is 42.0 Å². The molecular formula is C77H116N8O27. The highest BCUT2D eigenvalue weighted by Gasteiger charge is 2.53. The topological polar surface area (TPSA) is 504 Å². The minimum atomic E-state index is -1.47. The SMILES string of the molecule is CC[C@@H]1CC[C@@H](C)[C@@H](OC2[C@@H](C)C[C@@H](CC(=O)N(C)CCNC(=O)OCc3ccccc3)[C@H](O[C@H]3O[C@H](CO)[C@@H](O)[C@H](N)[C@H]3O)[C@H]2O)O1.CC[C@@H]1CC[C@@H](C)[C@@H](OC2[C@@H](C)C[C@@H](N)[C@H](O[C@H]3O[C@H](CO)[C@@H](O)[C@H](N)[C@H]3O)[C@H]2O)O1.O=C(NCCN(OC(=O)c1ccccc1)C(=O)ON1C(=O)CCC1=O)OCc1ccccc1. The van der Waals surface area contributed by atoms with Crippen LogP contribution in [0.15, 0.2) is 91.0 Å². The van der Waals surface area contributed by atoms with Gasteiger partial charge in [0.2, 0.25) is 5.91 Å². The first-order valence-electron chi connectivity index (χ1n) is 38.6. The molecule has 5 saturated heterocycles. The van der Waals surface area contributed by atoms with Gasteiger partial charge in [0, 0.05) is 63.8 Å². The summed E-state index contributed by atoms with van der Waals surface area (Å²) in [6.07, 6.45) is -12.6. The summed E-state index contributed by atoms with van der Waals surface area (Å²) in [5, 5.41) is 89.6. The quantitative estimate of drug-likeness (QED) is 0.0403. The second-order valence-corrected chi connectivity index (χ2v) is 29.8. The van der Waals surface area contributed by atoms with Gasteiger partial charge in [-0.25, -0.2) is 19.2 Å². The fourth-order valence-corrected chi connectivity index (χ4v) is 14.3. The molecule has 35 heteroatoms. The molecule has 7 fully saturated rings. The average molecular weight is 1590 g/mol. The van der Waals surface area contributed by atoms with Gasteiger partial charge in [-0.2, -0.15) is 0 Å². The van der Waals surface area contributed by atoms with Gasteiger partial charge in [-0.05, 0) is 92.4 Å². The first-order valence-corrected chi connectivity index (χ1v) is 38.6. The van der Waals surface area contributed by atoms with Crippen LogP contribution in [0.25, 0.3) is 0 Å². The molecule has 626 valence electrons. The fraction of sp³-hybridized carbons (Fsp3) is 0.675. The van der Waals surface area contributed by atoms with E-state index in [2.05, 4.69) is 31.4 Å². The summed E-state index contributed by atoms with van der Waals surface area (Å²) in [6, 6.07) is 23.4. The van der Waals surface area contributed by atoms with Gasteiger partial charge in [-0.3, -0.25) is 14.4 Å². The van der Waals surface area contributed by atoms with E-state index in [1.54, 1.807) is 49.5 Å². The van der Waals surface area contributed by atoms with Gasteiger partial charge in [0.15, 0.2) is 25.2 Å². The number of carbonyl (C=O) groups is 7. The number of ether oxygens (including phenoxy) is 10. The number of likely N-dealkylation sites (N-methyl/N-ethyl adjacent to an activating group) is 1. The molecule has 10 rings (SSSR count). The molecule has 0 aromatic heterocycles. The van der Waals surface area contributed by atoms with Crippen LogP contribution < -0.4 is 27.8 Å². The first kappa shape index (κ1) is 90.3. The maximum Gasteiger partial charge on any atom is 0.468 e. The van der Waals surface area contributed by atoms with Crippen molar-refractivity contribution in [3.63, 3.8) is 0 Å². The zero-order valence-corrected chi connectivity index (χ0v) is 64.5. The second kappa shape index (κ2) is 44.0. The second-order valence-electron chi connectivity index (χ2n) is 29.8. The van der Waals surface area contributed by atoms with Crippen LogP contribution in [-0.4, -0.2) is 273 Å². The summed E-state index contributed by atoms with van der Waals surface area (Å²) < 4.78 is 58.6. The third-order valence-electron chi connectivity index (χ3n) is 21.3. The van der Waals surface area contributed by atoms with E-state index >= 15 is 0 Å². The van der Waals surface area contributed by atoms with Gasteiger partial charge in [0.25, 0.3) is 11.8 Å². The molecule has 2 unspecified atom stereocenters. The molecule has 3 aromatic rings. The normalized spacial score (nSPS) is 33.9. The highest BCUT2D eigenvalue weighted by molar-refractivity contribution is 6.01. The van der Waals surface area contributed by atoms with Crippen molar-refractivity contribution in [2.45, 2.75) is 254 Å². The molecule has 0 spiro atoms. The van der Waals surface area contributed by atoms with E-state index in [4.69, 9.17) is 74.2 Å². The molecule has 16 N–H and O–H groups in total. The fourth-order valence-electron chi connectivity index (χ4n) is 14.3. The summed E-state index contributed by atoms with van der Waals surface area (Å²) in [6.45, 7) is 11.2. The number of hydrogen-bond acceptors (Lipinski definition) is 30. The lowest BCUT2D eigenvalue weighted by Crippen LogP contribution is -2.66. The number of nitrogens with zero attached hydrogens (tertiary/aromatic N) is 3. The number of alkyl carbamates (subject to hydrolysis) is 2. The Hall–Kier alpha value is -7.21. The summed E-state index contributed by atoms with van der Waals surface area (Å²) in [4.78, 5) is 97.1. The highest BCUT2D eigenvalue weighted by Crippen LogP contribution is 2.41. The third-order valence-corrected chi connectivity index (χ3v) is 21.3. The van der Waals surface area contributed by atoms with Gasteiger partial charge in [0.05, 0.1) is 67.9 Å². The molecule has 35 nitrogen and oxygen atoms in total. The number of aliphatic hydroxyl groups excluding tert-OH is 8. The van der Waals surface area contributed by atoms with Crippen LogP contribution >= 0.6 is 0 Å². The molecule has 0 bridgehead atoms. The van der Waals surface area contributed by atoms with E-state index in [0.717, 1.165) is 49.7 Å². The lowest BCUT2D eigenvalue weighted by molar-refractivity contribution is -0.323. The summed E-state index contributed by atoms with van der Waals surface area (Å²) >= 11 is 0. The van der Waals surface area contributed by atoms with Crippen LogP contribution in [0, 0.1) is 29.6 Å². The zero-order chi connectivity index (χ0) is 81.5. The molecule has 6 amide bonds. The van der Waals surface area contributed by atoms with Crippen LogP contribution in [0.1, 0.15) is 134 Å². The number of rotatable bonds is 26. The Bertz CT molecular complexity index is 3390. The van der Waals surface area contributed by atoms with Crippen LogP contribution in [0.5, 0.6) is 0 Å². The molecular weight excluding hydrogens is 1470 g/mol. The number of hydroxylamine groups is 4. The number of imide groups is 1. The van der Waals surface area contributed by atoms with Gasteiger partial charge in [0.1, 0.15) is 68.1 Å². The van der Waals surface area contributed by atoms with Gasteiger partial charge < -0.3 is 131 Å². The van der Waals surface area contributed by atoms with Crippen molar-refractivity contribution < 1.29 is 131 Å². The van der Waals surface area contributed by atoms with Gasteiger partial charge in [-0.15, -0.1) is 10.1 Å². The summed E-state index contributed by atoms with van der Waals surface area (Å²) in [5.74, 6) is -2.93. The number of nitrogens with one attached hydrogen (secondary N) is 2. The number of carbonyl (C=O) groups excluding carboxylic acids is 7. The number of aliphatic hydroxyl groups is 8. The van der Waals surface area contributed by atoms with Crippen LogP contribution in [0.3, 0.4) is 0 Å². The lowest BCUT2D eigenvalue weighted by atomic mass is 9.74. The maximum atomic E-state index is 13.4. The Morgan fingerprint density at radius 1 is 0.527 bits per heavy atom. The van der Waals surface area contributed by atoms with Crippen LogP contribution in [-0.2, 0) is 84.6 Å². The smallest absolute Gasteiger partial charge is 0.445 e. The first-order chi connectivity index (χ1) is 53.5. The predicted octanol–water partition coefficient (Wildman–Crippen LogP) is 1.86. The zero-order valence-electron chi connectivity index (χ0n) is 64.5. The maximum absolute atomic E-state index is 13.4. The number of amides is 6. The number of hydrogen-bond donors (Lipinski definition) is 13. The Morgan fingerprint density at radius 2 is 0.955 bits per heavy atom. The molecule has 0 radical (unpaired) electrons. The lowest BCUT2D eigenvalue weighted by Gasteiger charge is -2.48. The molecule has 5 heterocycles.